The second-order valence-corrected chi connectivity index (χ2v) is 5.24. The molecule has 2 rings (SSSR count). The lowest BCUT2D eigenvalue weighted by Crippen LogP contribution is -2.14. The Labute approximate surface area is 121 Å². The first-order valence-corrected chi connectivity index (χ1v) is 6.66. The minimum absolute atomic E-state index is 0.199. The molecule has 2 aromatic rings. The molecule has 1 unspecified atom stereocenters. The average molecular weight is 301 g/mol. The molecular formula is C14H12Cl3N. The molecular weight excluding hydrogens is 289 g/mol. The van der Waals surface area contributed by atoms with Gasteiger partial charge in [0, 0.05) is 11.1 Å². The molecule has 94 valence electrons. The topological polar surface area (TPSA) is 26.0 Å². The number of halogens is 3. The molecule has 0 bridgehead atoms. The average Bonchev–Trinajstić information content (AvgIpc) is 2.35. The zero-order chi connectivity index (χ0) is 13.1. The van der Waals surface area contributed by atoms with Crippen LogP contribution in [-0.2, 0) is 6.42 Å². The SMILES string of the molecule is NC(Cc1cccc(Cl)c1Cl)c1ccccc1Cl. The van der Waals surface area contributed by atoms with E-state index in [9.17, 15) is 0 Å². The van der Waals surface area contributed by atoms with Crippen molar-refractivity contribution in [1.29, 1.82) is 0 Å². The van der Waals surface area contributed by atoms with Crippen LogP contribution in [-0.4, -0.2) is 0 Å². The standard InChI is InChI=1S/C14H12Cl3N/c15-11-6-2-1-5-10(11)13(18)8-9-4-3-7-12(16)14(9)17/h1-7,13H,8,18H2. The highest BCUT2D eigenvalue weighted by molar-refractivity contribution is 6.42. The molecule has 0 radical (unpaired) electrons. The van der Waals surface area contributed by atoms with Crippen LogP contribution in [0, 0.1) is 0 Å². The summed E-state index contributed by atoms with van der Waals surface area (Å²) in [6, 6.07) is 12.9. The highest BCUT2D eigenvalue weighted by Crippen LogP contribution is 2.30. The van der Waals surface area contributed by atoms with E-state index < -0.39 is 0 Å². The van der Waals surface area contributed by atoms with Crippen LogP contribution >= 0.6 is 34.8 Å². The quantitative estimate of drug-likeness (QED) is 0.858. The van der Waals surface area contributed by atoms with E-state index in [1.807, 2.05) is 36.4 Å². The first-order valence-electron chi connectivity index (χ1n) is 5.52. The van der Waals surface area contributed by atoms with Gasteiger partial charge in [-0.1, -0.05) is 65.1 Å². The monoisotopic (exact) mass is 299 g/mol. The maximum atomic E-state index is 6.16. The minimum atomic E-state index is -0.199. The molecule has 4 heteroatoms. The van der Waals surface area contributed by atoms with E-state index in [0.29, 0.717) is 21.5 Å². The van der Waals surface area contributed by atoms with E-state index in [1.54, 1.807) is 6.07 Å². The van der Waals surface area contributed by atoms with Gasteiger partial charge in [0.1, 0.15) is 0 Å². The largest absolute Gasteiger partial charge is 0.324 e. The first-order chi connectivity index (χ1) is 8.59. The summed E-state index contributed by atoms with van der Waals surface area (Å²) in [6.45, 7) is 0. The number of nitrogens with two attached hydrogens (primary N) is 1. The molecule has 0 saturated carbocycles. The van der Waals surface area contributed by atoms with Crippen molar-refractivity contribution in [2.24, 2.45) is 5.73 Å². The van der Waals surface area contributed by atoms with Gasteiger partial charge in [0.2, 0.25) is 0 Å². The van der Waals surface area contributed by atoms with Crippen LogP contribution < -0.4 is 5.73 Å². The number of hydrogen-bond acceptors (Lipinski definition) is 1. The molecule has 0 aliphatic heterocycles. The molecule has 0 amide bonds. The van der Waals surface area contributed by atoms with Gasteiger partial charge in [0.05, 0.1) is 10.0 Å². The van der Waals surface area contributed by atoms with Crippen molar-refractivity contribution in [3.8, 4) is 0 Å². The summed E-state index contributed by atoms with van der Waals surface area (Å²) in [7, 11) is 0. The maximum absolute atomic E-state index is 6.16. The Morgan fingerprint density at radius 1 is 0.889 bits per heavy atom. The van der Waals surface area contributed by atoms with Crippen molar-refractivity contribution >= 4 is 34.8 Å². The van der Waals surface area contributed by atoms with Crippen molar-refractivity contribution in [2.75, 3.05) is 0 Å². The minimum Gasteiger partial charge on any atom is -0.324 e. The maximum Gasteiger partial charge on any atom is 0.0624 e. The van der Waals surface area contributed by atoms with E-state index in [2.05, 4.69) is 0 Å². The Morgan fingerprint density at radius 3 is 2.28 bits per heavy atom. The Hall–Kier alpha value is -0.730. The van der Waals surface area contributed by atoms with Gasteiger partial charge in [-0.2, -0.15) is 0 Å². The number of hydrogen-bond donors (Lipinski definition) is 1. The predicted octanol–water partition coefficient (Wildman–Crippen LogP) is 4.89. The van der Waals surface area contributed by atoms with Gasteiger partial charge in [-0.25, -0.2) is 0 Å². The fourth-order valence-corrected chi connectivity index (χ4v) is 2.50. The van der Waals surface area contributed by atoms with E-state index in [4.69, 9.17) is 40.5 Å². The summed E-state index contributed by atoms with van der Waals surface area (Å²) in [5.74, 6) is 0. The lowest BCUT2D eigenvalue weighted by Gasteiger charge is -2.15. The van der Waals surface area contributed by atoms with Gasteiger partial charge < -0.3 is 5.73 Å². The van der Waals surface area contributed by atoms with Crippen LogP contribution in [0.1, 0.15) is 17.2 Å². The Balaban J connectivity index is 2.24. The van der Waals surface area contributed by atoms with Crippen LogP contribution in [0.4, 0.5) is 0 Å². The van der Waals surface area contributed by atoms with Crippen molar-refractivity contribution < 1.29 is 0 Å². The highest BCUT2D eigenvalue weighted by Gasteiger charge is 2.13. The van der Waals surface area contributed by atoms with E-state index in [-0.39, 0.29) is 6.04 Å². The fourth-order valence-electron chi connectivity index (χ4n) is 1.83. The van der Waals surface area contributed by atoms with Gasteiger partial charge >= 0.3 is 0 Å². The van der Waals surface area contributed by atoms with Crippen molar-refractivity contribution in [3.63, 3.8) is 0 Å². The first kappa shape index (κ1) is 13.7. The van der Waals surface area contributed by atoms with Crippen LogP contribution in [0.25, 0.3) is 0 Å². The summed E-state index contributed by atoms with van der Waals surface area (Å²) in [5, 5.41) is 1.77. The van der Waals surface area contributed by atoms with Gasteiger partial charge in [0.15, 0.2) is 0 Å². The molecule has 0 saturated heterocycles. The Kier molecular flexibility index (Phi) is 4.52. The lowest BCUT2D eigenvalue weighted by atomic mass is 9.99. The summed E-state index contributed by atoms with van der Waals surface area (Å²) >= 11 is 18.2. The third-order valence-corrected chi connectivity index (χ3v) is 3.98. The zero-order valence-corrected chi connectivity index (χ0v) is 11.8. The van der Waals surface area contributed by atoms with Gasteiger partial charge in [-0.15, -0.1) is 0 Å². The van der Waals surface area contributed by atoms with Crippen LogP contribution in [0.2, 0.25) is 15.1 Å². The Bertz CT molecular complexity index is 554. The second kappa shape index (κ2) is 5.94. The molecule has 0 fully saturated rings. The zero-order valence-electron chi connectivity index (χ0n) is 9.54. The van der Waals surface area contributed by atoms with Crippen LogP contribution in [0.15, 0.2) is 42.5 Å². The predicted molar refractivity (Wildman–Crippen MR) is 78.5 cm³/mol. The number of rotatable bonds is 3. The summed E-state index contributed by atoms with van der Waals surface area (Å²) in [4.78, 5) is 0. The molecule has 0 heterocycles. The molecule has 0 aliphatic carbocycles. The summed E-state index contributed by atoms with van der Waals surface area (Å²) in [5.41, 5.74) is 8.00. The number of benzene rings is 2. The second-order valence-electron chi connectivity index (χ2n) is 4.05. The highest BCUT2D eigenvalue weighted by atomic mass is 35.5. The van der Waals surface area contributed by atoms with Gasteiger partial charge in [-0.3, -0.25) is 0 Å². The van der Waals surface area contributed by atoms with E-state index in [0.717, 1.165) is 11.1 Å². The molecule has 18 heavy (non-hydrogen) atoms. The summed E-state index contributed by atoms with van der Waals surface area (Å²) in [6.07, 6.45) is 0.600. The lowest BCUT2D eigenvalue weighted by molar-refractivity contribution is 0.722. The molecule has 0 aromatic heterocycles. The van der Waals surface area contributed by atoms with Crippen molar-refractivity contribution in [2.45, 2.75) is 12.5 Å². The van der Waals surface area contributed by atoms with Crippen molar-refractivity contribution in [3.05, 3.63) is 68.7 Å². The molecule has 2 aromatic carbocycles. The van der Waals surface area contributed by atoms with Gasteiger partial charge in [-0.05, 0) is 29.7 Å². The third kappa shape index (κ3) is 2.99. The smallest absolute Gasteiger partial charge is 0.0624 e. The fraction of sp³-hybridized carbons (Fsp3) is 0.143. The molecule has 1 nitrogen and oxygen atoms in total. The van der Waals surface area contributed by atoms with Crippen molar-refractivity contribution in [1.82, 2.24) is 0 Å². The van der Waals surface area contributed by atoms with E-state index in [1.165, 1.54) is 0 Å². The molecule has 0 aliphatic rings. The molecule has 2 N–H and O–H groups in total. The molecule has 0 spiro atoms. The van der Waals surface area contributed by atoms with Crippen LogP contribution in [0.3, 0.4) is 0 Å². The third-order valence-electron chi connectivity index (χ3n) is 2.78. The summed E-state index contributed by atoms with van der Waals surface area (Å²) < 4.78 is 0. The molecule has 1 atom stereocenters. The van der Waals surface area contributed by atoms with Crippen LogP contribution in [0.5, 0.6) is 0 Å². The normalized spacial score (nSPS) is 12.4. The Morgan fingerprint density at radius 2 is 1.56 bits per heavy atom. The van der Waals surface area contributed by atoms with E-state index >= 15 is 0 Å². The van der Waals surface area contributed by atoms with Gasteiger partial charge in [0.25, 0.3) is 0 Å².